The molecule has 6 nitrogen and oxygen atoms in total. The van der Waals surface area contributed by atoms with Crippen molar-refractivity contribution >= 4 is 23.0 Å². The van der Waals surface area contributed by atoms with Crippen molar-refractivity contribution in [2.24, 2.45) is 0 Å². The van der Waals surface area contributed by atoms with Gasteiger partial charge in [0.25, 0.3) is 0 Å². The Morgan fingerprint density at radius 1 is 1.30 bits per heavy atom. The van der Waals surface area contributed by atoms with Gasteiger partial charge in [-0.25, -0.2) is 9.97 Å². The van der Waals surface area contributed by atoms with E-state index in [9.17, 15) is 4.79 Å². The minimum absolute atomic E-state index is 0.0456. The molecule has 0 amide bonds. The highest BCUT2D eigenvalue weighted by molar-refractivity contribution is 7.07. The molecule has 0 saturated carbocycles. The van der Waals surface area contributed by atoms with E-state index < -0.39 is 0 Å². The third-order valence-electron chi connectivity index (χ3n) is 2.68. The highest BCUT2D eigenvalue weighted by Crippen LogP contribution is 2.22. The van der Waals surface area contributed by atoms with E-state index in [0.29, 0.717) is 6.54 Å². The van der Waals surface area contributed by atoms with Crippen LogP contribution in [-0.2, 0) is 12.0 Å². The maximum Gasteiger partial charge on any atom is 0.304 e. The van der Waals surface area contributed by atoms with Gasteiger partial charge in [0, 0.05) is 29.6 Å². The molecule has 0 radical (unpaired) electrons. The number of H-pyrrole nitrogens is 1. The zero-order valence-corrected chi connectivity index (χ0v) is 12.9. The van der Waals surface area contributed by atoms with Gasteiger partial charge in [0.15, 0.2) is 0 Å². The molecule has 0 saturated heterocycles. The molecule has 2 aromatic rings. The van der Waals surface area contributed by atoms with Crippen molar-refractivity contribution in [2.75, 3.05) is 17.7 Å². The Bertz CT molecular complexity index is 641. The summed E-state index contributed by atoms with van der Waals surface area (Å²) in [5.74, 6) is 2.28. The van der Waals surface area contributed by atoms with Crippen LogP contribution in [-0.4, -0.2) is 22.0 Å². The molecule has 0 bridgehead atoms. The first kappa shape index (κ1) is 14.5. The molecule has 0 spiro atoms. The van der Waals surface area contributed by atoms with Crippen LogP contribution >= 0.6 is 11.3 Å². The van der Waals surface area contributed by atoms with Crippen LogP contribution in [0.5, 0.6) is 0 Å². The van der Waals surface area contributed by atoms with Crippen LogP contribution in [0.15, 0.2) is 16.2 Å². The zero-order valence-electron chi connectivity index (χ0n) is 12.1. The predicted octanol–water partition coefficient (Wildman–Crippen LogP) is 2.18. The van der Waals surface area contributed by atoms with Crippen LogP contribution < -0.4 is 15.5 Å². The number of aromatic amines is 1. The van der Waals surface area contributed by atoms with Crippen LogP contribution in [0.25, 0.3) is 0 Å². The Morgan fingerprint density at radius 2 is 2.00 bits per heavy atom. The van der Waals surface area contributed by atoms with Crippen molar-refractivity contribution in [3.63, 3.8) is 0 Å². The number of hydrogen-bond acceptors (Lipinski definition) is 6. The minimum atomic E-state index is -0.125. The van der Waals surface area contributed by atoms with E-state index in [-0.39, 0.29) is 10.3 Å². The van der Waals surface area contributed by atoms with Gasteiger partial charge in [0.2, 0.25) is 0 Å². The largest absolute Gasteiger partial charge is 0.373 e. The molecule has 0 fully saturated rings. The Kier molecular flexibility index (Phi) is 4.08. The van der Waals surface area contributed by atoms with Gasteiger partial charge in [0.1, 0.15) is 17.5 Å². The molecule has 0 atom stereocenters. The SMILES string of the molecule is CNc1cc(NCc2csc(=O)[nH]2)nc(C(C)(C)C)n1. The van der Waals surface area contributed by atoms with Crippen molar-refractivity contribution in [2.45, 2.75) is 32.7 Å². The standard InChI is InChI=1S/C13H19N5OS/c1-13(2,3)11-17-9(14-4)5-10(18-11)15-6-8-7-20-12(19)16-8/h5,7H,6H2,1-4H3,(H,16,19)(H2,14,15,17,18). The first-order valence-electron chi connectivity index (χ1n) is 6.36. The van der Waals surface area contributed by atoms with Crippen LogP contribution in [0.3, 0.4) is 0 Å². The number of hydrogen-bond donors (Lipinski definition) is 3. The summed E-state index contributed by atoms with van der Waals surface area (Å²) in [5, 5.41) is 8.05. The molecule has 7 heteroatoms. The molecule has 20 heavy (non-hydrogen) atoms. The van der Waals surface area contributed by atoms with Gasteiger partial charge < -0.3 is 15.6 Å². The quantitative estimate of drug-likeness (QED) is 0.805. The maximum absolute atomic E-state index is 11.1. The van der Waals surface area contributed by atoms with E-state index in [1.165, 1.54) is 0 Å². The molecule has 0 unspecified atom stereocenters. The first-order valence-corrected chi connectivity index (χ1v) is 7.24. The second kappa shape index (κ2) is 5.62. The minimum Gasteiger partial charge on any atom is -0.373 e. The van der Waals surface area contributed by atoms with Crippen molar-refractivity contribution in [3.05, 3.63) is 32.6 Å². The van der Waals surface area contributed by atoms with Crippen LogP contribution in [0.1, 0.15) is 32.3 Å². The van der Waals surface area contributed by atoms with Gasteiger partial charge in [-0.1, -0.05) is 32.1 Å². The van der Waals surface area contributed by atoms with E-state index in [0.717, 1.165) is 34.5 Å². The molecule has 0 aliphatic rings. The van der Waals surface area contributed by atoms with Crippen molar-refractivity contribution in [3.8, 4) is 0 Å². The Morgan fingerprint density at radius 3 is 2.55 bits per heavy atom. The molecule has 108 valence electrons. The molecular weight excluding hydrogens is 274 g/mol. The first-order chi connectivity index (χ1) is 9.38. The van der Waals surface area contributed by atoms with Crippen molar-refractivity contribution in [1.82, 2.24) is 15.0 Å². The van der Waals surface area contributed by atoms with Crippen molar-refractivity contribution in [1.29, 1.82) is 0 Å². The lowest BCUT2D eigenvalue weighted by Gasteiger charge is -2.18. The third kappa shape index (κ3) is 3.57. The van der Waals surface area contributed by atoms with E-state index in [4.69, 9.17) is 0 Å². The number of nitrogens with one attached hydrogen (secondary N) is 3. The summed E-state index contributed by atoms with van der Waals surface area (Å²) >= 11 is 1.16. The van der Waals surface area contributed by atoms with Gasteiger partial charge >= 0.3 is 4.87 Å². The lowest BCUT2D eigenvalue weighted by atomic mass is 9.96. The molecule has 0 aliphatic carbocycles. The topological polar surface area (TPSA) is 82.7 Å². The van der Waals surface area contributed by atoms with E-state index in [1.54, 1.807) is 5.38 Å². The normalized spacial score (nSPS) is 11.4. The van der Waals surface area contributed by atoms with E-state index in [2.05, 4.69) is 46.4 Å². The summed E-state index contributed by atoms with van der Waals surface area (Å²) in [6.45, 7) is 6.74. The monoisotopic (exact) mass is 293 g/mol. The Labute approximate surface area is 121 Å². The highest BCUT2D eigenvalue weighted by Gasteiger charge is 2.18. The summed E-state index contributed by atoms with van der Waals surface area (Å²) in [4.78, 5) is 22.8. The average molecular weight is 293 g/mol. The lowest BCUT2D eigenvalue weighted by molar-refractivity contribution is 0.546. The van der Waals surface area contributed by atoms with Crippen LogP contribution in [0, 0.1) is 0 Å². The Balaban J connectivity index is 2.20. The van der Waals surface area contributed by atoms with Crippen LogP contribution in [0.2, 0.25) is 0 Å². The second-order valence-corrected chi connectivity index (χ2v) is 6.33. The maximum atomic E-state index is 11.1. The molecule has 3 N–H and O–H groups in total. The Hall–Kier alpha value is -1.89. The van der Waals surface area contributed by atoms with Crippen LogP contribution in [0.4, 0.5) is 11.6 Å². The highest BCUT2D eigenvalue weighted by atomic mass is 32.1. The molecule has 0 aromatic carbocycles. The summed E-state index contributed by atoms with van der Waals surface area (Å²) in [6.07, 6.45) is 0. The molecular formula is C13H19N5OS. The van der Waals surface area contributed by atoms with Gasteiger partial charge in [0.05, 0.1) is 6.54 Å². The lowest BCUT2D eigenvalue weighted by Crippen LogP contribution is -2.18. The molecule has 2 rings (SSSR count). The summed E-state index contributed by atoms with van der Waals surface area (Å²) in [5.41, 5.74) is 0.724. The fraction of sp³-hybridized carbons (Fsp3) is 0.462. The number of thiazole rings is 1. The molecule has 2 aromatic heterocycles. The smallest absolute Gasteiger partial charge is 0.304 e. The average Bonchev–Trinajstić information content (AvgIpc) is 2.81. The fourth-order valence-corrected chi connectivity index (χ4v) is 2.17. The van der Waals surface area contributed by atoms with E-state index in [1.807, 2.05) is 13.1 Å². The predicted molar refractivity (Wildman–Crippen MR) is 82.5 cm³/mol. The van der Waals surface area contributed by atoms with Crippen molar-refractivity contribution < 1.29 is 0 Å². The number of rotatable bonds is 4. The summed E-state index contributed by atoms with van der Waals surface area (Å²) < 4.78 is 0. The second-order valence-electron chi connectivity index (χ2n) is 5.49. The summed E-state index contributed by atoms with van der Waals surface area (Å²) in [6, 6.07) is 1.85. The zero-order chi connectivity index (χ0) is 14.8. The molecule has 2 heterocycles. The van der Waals surface area contributed by atoms with Gasteiger partial charge in [-0.15, -0.1) is 0 Å². The van der Waals surface area contributed by atoms with Gasteiger partial charge in [-0.05, 0) is 0 Å². The van der Waals surface area contributed by atoms with E-state index >= 15 is 0 Å². The summed E-state index contributed by atoms with van der Waals surface area (Å²) in [7, 11) is 1.83. The number of aromatic nitrogens is 3. The number of nitrogens with zero attached hydrogens (tertiary/aromatic N) is 2. The number of anilines is 2. The third-order valence-corrected chi connectivity index (χ3v) is 3.40. The fourth-order valence-electron chi connectivity index (χ4n) is 1.59. The van der Waals surface area contributed by atoms with Gasteiger partial charge in [-0.3, -0.25) is 4.79 Å². The molecule has 0 aliphatic heterocycles. The van der Waals surface area contributed by atoms with Gasteiger partial charge in [-0.2, -0.15) is 0 Å².